The number of anilines is 1. The fourth-order valence-corrected chi connectivity index (χ4v) is 9.06. The van der Waals surface area contributed by atoms with E-state index in [1.807, 2.05) is 6.20 Å². The summed E-state index contributed by atoms with van der Waals surface area (Å²) in [7, 11) is 0. The van der Waals surface area contributed by atoms with Gasteiger partial charge >= 0.3 is 0 Å². The Bertz CT molecular complexity index is 1170. The number of fused-ring (bicyclic) bond motifs is 6. The van der Waals surface area contributed by atoms with Gasteiger partial charge < -0.3 is 10.5 Å². The highest BCUT2D eigenvalue weighted by molar-refractivity contribution is 5.79. The molecule has 0 radical (unpaired) electrons. The summed E-state index contributed by atoms with van der Waals surface area (Å²) >= 11 is 0. The maximum absolute atomic E-state index is 6.44. The molecule has 4 heteroatoms. The molecule has 4 aliphatic rings. The van der Waals surface area contributed by atoms with E-state index in [0.29, 0.717) is 28.8 Å². The van der Waals surface area contributed by atoms with E-state index >= 15 is 0 Å². The topological polar surface area (TPSA) is 61.0 Å². The third-order valence-electron chi connectivity index (χ3n) is 10.6. The van der Waals surface area contributed by atoms with Crippen molar-refractivity contribution in [3.63, 3.8) is 0 Å². The molecule has 3 saturated carbocycles. The molecule has 4 aliphatic carbocycles. The zero-order valence-corrected chi connectivity index (χ0v) is 22.3. The summed E-state index contributed by atoms with van der Waals surface area (Å²) in [6.45, 7) is 11.8. The van der Waals surface area contributed by atoms with Crippen LogP contribution in [0, 0.1) is 28.6 Å². The van der Waals surface area contributed by atoms with Gasteiger partial charge in [0, 0.05) is 11.6 Å². The van der Waals surface area contributed by atoms with Gasteiger partial charge in [0.25, 0.3) is 0 Å². The number of hydrogen-bond acceptors (Lipinski definition) is 4. The van der Waals surface area contributed by atoms with Crippen LogP contribution in [0.5, 0.6) is 0 Å². The summed E-state index contributed by atoms with van der Waals surface area (Å²) in [5.74, 6) is 3.47. The van der Waals surface area contributed by atoms with Crippen LogP contribution in [0.4, 0.5) is 5.95 Å². The van der Waals surface area contributed by atoms with E-state index in [9.17, 15) is 0 Å². The van der Waals surface area contributed by atoms with Gasteiger partial charge in [-0.3, -0.25) is 0 Å². The molecule has 0 unspecified atom stereocenters. The Kier molecular flexibility index (Phi) is 5.38. The van der Waals surface area contributed by atoms with Gasteiger partial charge in [-0.1, -0.05) is 31.6 Å². The van der Waals surface area contributed by atoms with Gasteiger partial charge in [0.05, 0.1) is 17.2 Å². The van der Waals surface area contributed by atoms with E-state index in [1.54, 1.807) is 5.57 Å². The highest BCUT2D eigenvalue weighted by Gasteiger charge is 2.58. The maximum Gasteiger partial charge on any atom is 0.220 e. The highest BCUT2D eigenvalue weighted by atomic mass is 16.5. The minimum Gasteiger partial charge on any atom is -0.372 e. The number of nitrogen functional groups attached to an aromatic ring is 1. The molecule has 0 spiro atoms. The molecule has 1 heterocycles. The molecule has 6 rings (SSSR count). The number of aromatic nitrogens is 2. The van der Waals surface area contributed by atoms with Gasteiger partial charge in [0.2, 0.25) is 5.95 Å². The van der Waals surface area contributed by atoms with Crippen molar-refractivity contribution < 1.29 is 4.74 Å². The minimum absolute atomic E-state index is 0.0524. The maximum atomic E-state index is 6.44. The van der Waals surface area contributed by atoms with Crippen LogP contribution in [0.3, 0.4) is 0 Å². The van der Waals surface area contributed by atoms with E-state index in [0.717, 1.165) is 35.1 Å². The lowest BCUT2D eigenvalue weighted by Crippen LogP contribution is -2.50. The van der Waals surface area contributed by atoms with E-state index in [1.165, 1.54) is 50.5 Å². The van der Waals surface area contributed by atoms with E-state index < -0.39 is 0 Å². The van der Waals surface area contributed by atoms with Crippen molar-refractivity contribution >= 4 is 16.9 Å². The Balaban J connectivity index is 1.26. The zero-order chi connectivity index (χ0) is 24.6. The third kappa shape index (κ3) is 3.82. The van der Waals surface area contributed by atoms with Gasteiger partial charge in [-0.05, 0) is 124 Å². The summed E-state index contributed by atoms with van der Waals surface area (Å²) in [6.07, 6.45) is 15.3. The number of rotatable bonds is 2. The lowest BCUT2D eigenvalue weighted by molar-refractivity contribution is -0.0922. The Labute approximate surface area is 211 Å². The average molecular weight is 474 g/mol. The Morgan fingerprint density at radius 2 is 1.86 bits per heavy atom. The van der Waals surface area contributed by atoms with Crippen LogP contribution in [0.25, 0.3) is 10.9 Å². The first kappa shape index (κ1) is 23.5. The normalized spacial score (nSPS) is 39.0. The summed E-state index contributed by atoms with van der Waals surface area (Å²) in [6, 6.07) is 6.81. The van der Waals surface area contributed by atoms with Crippen LogP contribution in [0.1, 0.15) is 97.5 Å². The molecule has 1 aromatic carbocycles. The monoisotopic (exact) mass is 473 g/mol. The zero-order valence-electron chi connectivity index (χ0n) is 22.3. The molecule has 188 valence electrons. The summed E-state index contributed by atoms with van der Waals surface area (Å²) in [5, 5.41) is 1.12. The molecular formula is C31H43N3O. The molecule has 4 nitrogen and oxygen atoms in total. The van der Waals surface area contributed by atoms with Crippen molar-refractivity contribution in [1.29, 1.82) is 0 Å². The molecule has 7 atom stereocenters. The molecule has 0 bridgehead atoms. The van der Waals surface area contributed by atoms with Crippen LogP contribution in [-0.2, 0) is 4.74 Å². The average Bonchev–Trinajstić information content (AvgIpc) is 3.15. The van der Waals surface area contributed by atoms with Crippen LogP contribution in [0.2, 0.25) is 0 Å². The van der Waals surface area contributed by atoms with Crippen LogP contribution in [-0.4, -0.2) is 21.7 Å². The second kappa shape index (κ2) is 8.03. The summed E-state index contributed by atoms with van der Waals surface area (Å²) < 4.78 is 6.44. The number of nitrogens with two attached hydrogens (primary N) is 1. The van der Waals surface area contributed by atoms with Crippen LogP contribution >= 0.6 is 0 Å². The summed E-state index contributed by atoms with van der Waals surface area (Å²) in [4.78, 5) is 8.67. The SMILES string of the molecule is CC(C)(C)O[C@@H]1CC[C@@]2(C)C(=CC[C@H]3[C@@H]4CC[C@H](c5ccc6nc(N)ncc6c5)[C@@]4(C)CC[C@@H]32)C1. The van der Waals surface area contributed by atoms with Gasteiger partial charge in [0.1, 0.15) is 0 Å². The van der Waals surface area contributed by atoms with Crippen molar-refractivity contribution in [3.8, 4) is 0 Å². The van der Waals surface area contributed by atoms with Crippen LogP contribution in [0.15, 0.2) is 36.0 Å². The molecule has 3 fully saturated rings. The predicted octanol–water partition coefficient (Wildman–Crippen LogP) is 7.44. The third-order valence-corrected chi connectivity index (χ3v) is 10.6. The molecule has 0 aliphatic heterocycles. The van der Waals surface area contributed by atoms with Crippen molar-refractivity contribution in [2.24, 2.45) is 28.6 Å². The number of hydrogen-bond donors (Lipinski definition) is 1. The number of allylic oxidation sites excluding steroid dienone is 1. The second-order valence-electron chi connectivity index (χ2n) is 13.6. The fraction of sp³-hybridized carbons (Fsp3) is 0.677. The Hall–Kier alpha value is -1.94. The number of ether oxygens (including phenoxy) is 1. The fourth-order valence-electron chi connectivity index (χ4n) is 9.06. The smallest absolute Gasteiger partial charge is 0.220 e. The minimum atomic E-state index is -0.0524. The molecule has 0 amide bonds. The van der Waals surface area contributed by atoms with Gasteiger partial charge in [-0.2, -0.15) is 0 Å². The van der Waals surface area contributed by atoms with Crippen molar-refractivity contribution in [1.82, 2.24) is 9.97 Å². The Morgan fingerprint density at radius 3 is 2.66 bits per heavy atom. The highest BCUT2D eigenvalue weighted by Crippen LogP contribution is 2.68. The number of nitrogens with zero attached hydrogens (tertiary/aromatic N) is 2. The molecule has 2 N–H and O–H groups in total. The lowest BCUT2D eigenvalue weighted by atomic mass is 9.47. The lowest BCUT2D eigenvalue weighted by Gasteiger charge is -2.58. The summed E-state index contributed by atoms with van der Waals surface area (Å²) in [5.41, 5.74) is 10.7. The van der Waals surface area contributed by atoms with Gasteiger partial charge in [0.15, 0.2) is 0 Å². The van der Waals surface area contributed by atoms with E-state index in [4.69, 9.17) is 10.5 Å². The van der Waals surface area contributed by atoms with E-state index in [-0.39, 0.29) is 5.60 Å². The van der Waals surface area contributed by atoms with Gasteiger partial charge in [-0.15, -0.1) is 0 Å². The molecule has 2 aromatic rings. The van der Waals surface area contributed by atoms with E-state index in [2.05, 4.69) is 68.9 Å². The second-order valence-corrected chi connectivity index (χ2v) is 13.6. The first-order valence-electron chi connectivity index (χ1n) is 14.0. The first-order chi connectivity index (χ1) is 16.6. The van der Waals surface area contributed by atoms with Crippen LogP contribution < -0.4 is 5.73 Å². The Morgan fingerprint density at radius 1 is 1.03 bits per heavy atom. The van der Waals surface area contributed by atoms with Gasteiger partial charge in [-0.25, -0.2) is 9.97 Å². The van der Waals surface area contributed by atoms with Crippen molar-refractivity contribution in [3.05, 3.63) is 41.6 Å². The van der Waals surface area contributed by atoms with Crippen molar-refractivity contribution in [2.75, 3.05) is 5.73 Å². The van der Waals surface area contributed by atoms with Crippen molar-refractivity contribution in [2.45, 2.75) is 104 Å². The number of benzene rings is 1. The molecule has 35 heavy (non-hydrogen) atoms. The molecule has 0 saturated heterocycles. The predicted molar refractivity (Wildman–Crippen MR) is 143 cm³/mol. The quantitative estimate of drug-likeness (QED) is 0.460. The largest absolute Gasteiger partial charge is 0.372 e. The molecular weight excluding hydrogens is 430 g/mol. The first-order valence-corrected chi connectivity index (χ1v) is 14.0. The standard InChI is InChI=1S/C31H43N3O/c1-29(2,3)35-22-12-14-30(4)21(17-22)7-8-23-25-10-9-24(31(25,5)15-13-26(23)30)19-6-11-27-20(16-19)18-33-28(32)34-27/h6-7,11,16,18,22-26H,8-10,12-15,17H2,1-5H3,(H2,32,33,34)/t22-,23+,24-,25+,26+,30+,31-/m1/s1. The molecule has 1 aromatic heterocycles.